The highest BCUT2D eigenvalue weighted by Crippen LogP contribution is 2.07. The van der Waals surface area contributed by atoms with E-state index < -0.39 is 16.2 Å². The van der Waals surface area contributed by atoms with Gasteiger partial charge < -0.3 is 5.11 Å². The Morgan fingerprint density at radius 1 is 1.38 bits per heavy atom. The first-order chi connectivity index (χ1) is 7.53. The highest BCUT2D eigenvalue weighted by Gasteiger charge is 2.13. The zero-order valence-corrected chi connectivity index (χ0v) is 9.56. The van der Waals surface area contributed by atoms with E-state index >= 15 is 0 Å². The van der Waals surface area contributed by atoms with Gasteiger partial charge in [-0.3, -0.25) is 4.18 Å². The van der Waals surface area contributed by atoms with Gasteiger partial charge in [0.25, 0.3) is 10.1 Å². The molecule has 0 heterocycles. The van der Waals surface area contributed by atoms with E-state index in [0.717, 1.165) is 0 Å². The predicted octanol–water partition coefficient (Wildman–Crippen LogP) is 1.08. The molecule has 0 unspecified atom stereocenters. The van der Waals surface area contributed by atoms with Gasteiger partial charge in [-0.25, -0.2) is 0 Å². The van der Waals surface area contributed by atoms with E-state index in [1.807, 2.05) is 0 Å². The van der Waals surface area contributed by atoms with Crippen molar-refractivity contribution in [2.24, 2.45) is 0 Å². The highest BCUT2D eigenvalue weighted by atomic mass is 32.2. The van der Waals surface area contributed by atoms with E-state index in [2.05, 4.69) is 10.8 Å². The second-order valence-electron chi connectivity index (χ2n) is 3.28. The maximum Gasteiger partial charge on any atom is 0.271 e. The fourth-order valence-corrected chi connectivity index (χ4v) is 2.09. The lowest BCUT2D eigenvalue weighted by Crippen LogP contribution is -2.17. The molecule has 0 spiro atoms. The number of hydrogen-bond donors (Lipinski definition) is 1. The van der Waals surface area contributed by atoms with E-state index in [1.54, 1.807) is 30.3 Å². The fourth-order valence-electron chi connectivity index (χ4n) is 1.06. The lowest BCUT2D eigenvalue weighted by molar-refractivity contribution is 0.148. The van der Waals surface area contributed by atoms with Crippen LogP contribution in [0.3, 0.4) is 0 Å². The van der Waals surface area contributed by atoms with Crippen LogP contribution in [-0.4, -0.2) is 26.2 Å². The molecule has 88 valence electrons. The van der Waals surface area contributed by atoms with Crippen molar-refractivity contribution in [3.8, 4) is 0 Å². The average Bonchev–Trinajstić information content (AvgIpc) is 2.27. The summed E-state index contributed by atoms with van der Waals surface area (Å²) in [6, 6.07) is 8.71. The van der Waals surface area contributed by atoms with Crippen molar-refractivity contribution in [3.05, 3.63) is 48.6 Å². The van der Waals surface area contributed by atoms with Gasteiger partial charge in [0, 0.05) is 0 Å². The van der Waals surface area contributed by atoms with Crippen LogP contribution in [-0.2, 0) is 20.1 Å². The third kappa shape index (κ3) is 4.57. The number of rotatable bonds is 6. The van der Waals surface area contributed by atoms with E-state index in [9.17, 15) is 8.42 Å². The molecule has 0 bridgehead atoms. The Bertz CT molecular complexity index is 425. The second kappa shape index (κ2) is 5.79. The third-order valence-corrected chi connectivity index (χ3v) is 3.06. The molecule has 0 amide bonds. The first kappa shape index (κ1) is 12.9. The summed E-state index contributed by atoms with van der Waals surface area (Å²) in [6.45, 7) is 3.03. The molecule has 16 heavy (non-hydrogen) atoms. The standard InChI is InChI=1S/C11H14O4S/c1-2-11(12)8-15-16(13,14)9-10-6-4-3-5-7-10/h2-7,11-12H,1,8-9H2/t11-/m0/s1. The monoisotopic (exact) mass is 242 g/mol. The number of hydrogen-bond acceptors (Lipinski definition) is 4. The summed E-state index contributed by atoms with van der Waals surface area (Å²) in [5.41, 5.74) is 0.649. The van der Waals surface area contributed by atoms with Gasteiger partial charge in [-0.1, -0.05) is 36.4 Å². The summed E-state index contributed by atoms with van der Waals surface area (Å²) < 4.78 is 27.5. The number of aliphatic hydroxyl groups is 1. The van der Waals surface area contributed by atoms with Gasteiger partial charge in [0.15, 0.2) is 0 Å². The average molecular weight is 242 g/mol. The molecule has 0 fully saturated rings. The Morgan fingerprint density at radius 2 is 2.00 bits per heavy atom. The minimum atomic E-state index is -3.65. The largest absolute Gasteiger partial charge is 0.387 e. The topological polar surface area (TPSA) is 63.6 Å². The Morgan fingerprint density at radius 3 is 2.56 bits per heavy atom. The van der Waals surface area contributed by atoms with Crippen molar-refractivity contribution in [2.45, 2.75) is 11.9 Å². The van der Waals surface area contributed by atoms with Crippen molar-refractivity contribution >= 4 is 10.1 Å². The summed E-state index contributed by atoms with van der Waals surface area (Å²) in [5, 5.41) is 9.08. The molecule has 0 aromatic heterocycles. The number of aliphatic hydroxyl groups excluding tert-OH is 1. The van der Waals surface area contributed by atoms with Crippen LogP contribution in [0.1, 0.15) is 5.56 Å². The first-order valence-corrected chi connectivity index (χ1v) is 6.33. The zero-order valence-electron chi connectivity index (χ0n) is 8.74. The van der Waals surface area contributed by atoms with Gasteiger partial charge in [-0.15, -0.1) is 6.58 Å². The molecular weight excluding hydrogens is 228 g/mol. The SMILES string of the molecule is C=C[C@H](O)COS(=O)(=O)Cc1ccccc1. The molecule has 0 saturated carbocycles. The van der Waals surface area contributed by atoms with Crippen molar-refractivity contribution < 1.29 is 17.7 Å². The third-order valence-electron chi connectivity index (χ3n) is 1.88. The smallest absolute Gasteiger partial charge is 0.271 e. The molecule has 0 aliphatic carbocycles. The highest BCUT2D eigenvalue weighted by molar-refractivity contribution is 7.85. The second-order valence-corrected chi connectivity index (χ2v) is 4.91. The van der Waals surface area contributed by atoms with Crippen LogP contribution in [0.25, 0.3) is 0 Å². The Hall–Kier alpha value is -1.17. The normalized spacial score (nSPS) is 13.3. The molecule has 0 radical (unpaired) electrons. The molecular formula is C11H14O4S. The molecule has 5 heteroatoms. The zero-order chi connectivity index (χ0) is 12.0. The van der Waals surface area contributed by atoms with Gasteiger partial charge in [0.1, 0.15) is 5.75 Å². The molecule has 1 aromatic rings. The number of benzene rings is 1. The van der Waals surface area contributed by atoms with Crippen molar-refractivity contribution in [1.82, 2.24) is 0 Å². The molecule has 1 rings (SSSR count). The first-order valence-electron chi connectivity index (χ1n) is 4.75. The summed E-state index contributed by atoms with van der Waals surface area (Å²) in [5.74, 6) is -0.197. The van der Waals surface area contributed by atoms with Crippen LogP contribution in [0.2, 0.25) is 0 Å². The van der Waals surface area contributed by atoms with Crippen LogP contribution in [0.15, 0.2) is 43.0 Å². The minimum Gasteiger partial charge on any atom is -0.387 e. The van der Waals surface area contributed by atoms with Crippen LogP contribution < -0.4 is 0 Å². The summed E-state index contributed by atoms with van der Waals surface area (Å²) in [4.78, 5) is 0. The Balaban J connectivity index is 2.56. The van der Waals surface area contributed by atoms with Gasteiger partial charge in [-0.2, -0.15) is 8.42 Å². The van der Waals surface area contributed by atoms with Gasteiger partial charge >= 0.3 is 0 Å². The summed E-state index contributed by atoms with van der Waals surface area (Å²) in [6.07, 6.45) is 0.253. The summed E-state index contributed by atoms with van der Waals surface area (Å²) >= 11 is 0. The fraction of sp³-hybridized carbons (Fsp3) is 0.273. The molecule has 0 aliphatic heterocycles. The van der Waals surface area contributed by atoms with E-state index in [0.29, 0.717) is 5.56 Å². The summed E-state index contributed by atoms with van der Waals surface area (Å²) in [7, 11) is -3.65. The van der Waals surface area contributed by atoms with E-state index in [1.165, 1.54) is 6.08 Å². The predicted molar refractivity (Wildman–Crippen MR) is 61.2 cm³/mol. The van der Waals surface area contributed by atoms with Crippen molar-refractivity contribution in [2.75, 3.05) is 6.61 Å². The van der Waals surface area contributed by atoms with Gasteiger partial charge in [-0.05, 0) is 5.56 Å². The van der Waals surface area contributed by atoms with Crippen LogP contribution in [0.5, 0.6) is 0 Å². The minimum absolute atomic E-state index is 0.197. The maximum absolute atomic E-state index is 11.5. The van der Waals surface area contributed by atoms with Crippen molar-refractivity contribution in [3.63, 3.8) is 0 Å². The molecule has 1 N–H and O–H groups in total. The molecule has 4 nitrogen and oxygen atoms in total. The molecule has 1 atom stereocenters. The van der Waals surface area contributed by atoms with Gasteiger partial charge in [0.2, 0.25) is 0 Å². The molecule has 1 aromatic carbocycles. The Kier molecular flexibility index (Phi) is 4.67. The lowest BCUT2D eigenvalue weighted by Gasteiger charge is -2.07. The van der Waals surface area contributed by atoms with Crippen molar-refractivity contribution in [1.29, 1.82) is 0 Å². The molecule has 0 saturated heterocycles. The van der Waals surface area contributed by atoms with Crippen LogP contribution in [0, 0.1) is 0 Å². The van der Waals surface area contributed by atoms with Crippen LogP contribution in [0.4, 0.5) is 0 Å². The lowest BCUT2D eigenvalue weighted by atomic mass is 10.2. The quantitative estimate of drug-likeness (QED) is 0.599. The van der Waals surface area contributed by atoms with Gasteiger partial charge in [0.05, 0.1) is 12.7 Å². The Labute approximate surface area is 95.3 Å². The maximum atomic E-state index is 11.5. The molecule has 0 aliphatic rings. The van der Waals surface area contributed by atoms with Crippen LogP contribution >= 0.6 is 0 Å². The van der Waals surface area contributed by atoms with E-state index in [-0.39, 0.29) is 12.4 Å². The van der Waals surface area contributed by atoms with E-state index in [4.69, 9.17) is 5.11 Å².